The molecule has 9 aliphatic rings. The average molecular weight is 1560 g/mol. The SMILES string of the molecule is Cc1cc(-c2ccc3c(n2)N(C(=O)NC2CCCCC2)[C@@]2(C)CCN3C2)ccn1.Cc1cc(-c2ccc3c(n2)N(C(=O)NCc2ccccn2)[C@H]2CCN3C2)ccn1.Cc1cc(-c2ccc3c(n2)N(C(=O)Nc2ccc4[nH]cnc4n2)[C@H]2CCN3C2)ccn1.Cc1cc(-c2ccc3c(n2)N(C(=O)Nc2cnncn2)[C@H]2CCN3C2)ccn1. The van der Waals surface area contributed by atoms with Crippen LogP contribution in [0.15, 0.2) is 177 Å². The smallest absolute Gasteiger partial charge is 0.329 e. The minimum atomic E-state index is -0.260. The van der Waals surface area contributed by atoms with Gasteiger partial charge in [-0.25, -0.2) is 54.1 Å². The maximum absolute atomic E-state index is 13.5. The molecular formula is C86H89N27O4. The van der Waals surface area contributed by atoms with Gasteiger partial charge in [0.05, 0.1) is 99.5 Å². The van der Waals surface area contributed by atoms with Gasteiger partial charge < -0.3 is 35.2 Å². The quantitative estimate of drug-likeness (QED) is 0.0896. The van der Waals surface area contributed by atoms with Gasteiger partial charge in [0.15, 0.2) is 34.7 Å². The number of carbonyl (C=O) groups excluding carboxylic acids is 4. The molecule has 0 unspecified atom stereocenters. The summed E-state index contributed by atoms with van der Waals surface area (Å²) in [6.45, 7) is 17.5. The van der Waals surface area contributed by atoms with E-state index in [1.54, 1.807) is 47.0 Å². The van der Waals surface area contributed by atoms with Gasteiger partial charge in [0, 0.05) is 134 Å². The number of amides is 8. The molecule has 5 N–H and O–H groups in total. The summed E-state index contributed by atoms with van der Waals surface area (Å²) in [4.78, 5) is 126. The predicted molar refractivity (Wildman–Crippen MR) is 449 cm³/mol. The Bertz CT molecular complexity index is 5740. The standard InChI is InChI=1S/C23H29N5O.C22H20N8O.C22H22N6O.C19H18N8O/c1-16-14-17(10-12-24-16)19-8-9-20-21(26-19)28(23(2)11-13-27(20)15-23)22(29)25-18-6-4-3-5-7-18;1-13-10-14(6-8-23-13)16-2-4-18-21(26-16)30(15-7-9-29(18)11-15)22(31)28-19-5-3-17-20(27-19)25-12-24-17;1-15-12-16(7-10-23-15)19-5-6-20-21(26-19)28(18-8-11-27(20)14-18)22(29)25-13-17-4-2-3-9-24-17;1-12-8-13(4-6-20-12)15-2-3-16-18(24-15)27(14-5-7-26(16)10-14)19(28)25-17-9-22-23-11-21-17/h8-10,12,14,18H,3-7,11,13,15H2,1-2H3,(H,25,29);2-6,8,10,12,15H,7,9,11H2,1H3,(H2,24,25,27,28,31);2-7,9-10,12,18H,8,11,13-14H2,1H3,(H,25,29);2-4,6,8-9,11,14H,5,7,10H2,1H3,(H,21,23,25,28)/t23-;15-;18-;14-/m0000/s1. The van der Waals surface area contributed by atoms with Crippen molar-refractivity contribution in [2.45, 2.75) is 129 Å². The highest BCUT2D eigenvalue weighted by Crippen LogP contribution is 2.47. The third-order valence-corrected chi connectivity index (χ3v) is 23.2. The van der Waals surface area contributed by atoms with Crippen LogP contribution in [0.2, 0.25) is 0 Å². The molecule has 117 heavy (non-hydrogen) atoms. The van der Waals surface area contributed by atoms with Crippen molar-refractivity contribution in [2.24, 2.45) is 0 Å². The molecule has 20 heterocycles. The lowest BCUT2D eigenvalue weighted by molar-refractivity contribution is 0.231. The number of hydrogen-bond acceptors (Lipinski definition) is 22. The number of imidazole rings is 1. The number of aromatic amines is 1. The summed E-state index contributed by atoms with van der Waals surface area (Å²) in [7, 11) is 0. The lowest BCUT2D eigenvalue weighted by atomic mass is 9.95. The number of nitrogens with zero attached hydrogens (tertiary/aromatic N) is 22. The van der Waals surface area contributed by atoms with E-state index < -0.39 is 0 Å². The lowest BCUT2D eigenvalue weighted by Crippen LogP contribution is -2.59. The van der Waals surface area contributed by atoms with E-state index in [0.29, 0.717) is 35.5 Å². The summed E-state index contributed by atoms with van der Waals surface area (Å²) < 4.78 is 0. The minimum Gasteiger partial charge on any atom is -0.366 e. The highest BCUT2D eigenvalue weighted by Gasteiger charge is 2.50. The molecule has 12 aromatic heterocycles. The number of urea groups is 4. The number of aromatic nitrogens is 15. The van der Waals surface area contributed by atoms with Crippen LogP contribution in [0.5, 0.6) is 0 Å². The fraction of sp³-hybridized carbons (Fsp3) is 0.326. The fourth-order valence-electron chi connectivity index (χ4n) is 17.4. The number of aryl methyl sites for hydroxylation is 4. The molecule has 1 aliphatic carbocycles. The van der Waals surface area contributed by atoms with E-state index in [9.17, 15) is 19.2 Å². The largest absolute Gasteiger partial charge is 0.366 e. The zero-order chi connectivity index (χ0) is 79.8. The molecule has 12 aromatic rings. The summed E-state index contributed by atoms with van der Waals surface area (Å²) in [6, 6.07) is 41.5. The van der Waals surface area contributed by atoms with Crippen molar-refractivity contribution in [3.63, 3.8) is 0 Å². The number of H-pyrrole nitrogens is 1. The van der Waals surface area contributed by atoms with Crippen LogP contribution in [0.3, 0.4) is 0 Å². The van der Waals surface area contributed by atoms with Gasteiger partial charge in [-0.1, -0.05) is 25.3 Å². The van der Waals surface area contributed by atoms with Crippen molar-refractivity contribution in [3.05, 3.63) is 206 Å². The molecule has 0 radical (unpaired) electrons. The monoisotopic (exact) mass is 1560 g/mol. The van der Waals surface area contributed by atoms with Crippen molar-refractivity contribution >= 4 is 92.9 Å². The molecule has 31 heteroatoms. The Labute approximate surface area is 676 Å². The van der Waals surface area contributed by atoms with Crippen molar-refractivity contribution in [1.29, 1.82) is 0 Å². The summed E-state index contributed by atoms with van der Waals surface area (Å²) >= 11 is 0. The molecular weight excluding hydrogens is 1480 g/mol. The fourth-order valence-corrected chi connectivity index (χ4v) is 17.4. The van der Waals surface area contributed by atoms with Gasteiger partial charge >= 0.3 is 24.1 Å². The van der Waals surface area contributed by atoms with Crippen LogP contribution in [0.25, 0.3) is 56.2 Å². The van der Waals surface area contributed by atoms with Crippen LogP contribution < -0.4 is 60.5 Å². The maximum Gasteiger partial charge on any atom is 0.329 e. The second-order valence-corrected chi connectivity index (χ2v) is 31.3. The van der Waals surface area contributed by atoms with Gasteiger partial charge in [-0.05, 0) is 194 Å². The van der Waals surface area contributed by atoms with Crippen LogP contribution in [0, 0.1) is 27.7 Å². The van der Waals surface area contributed by atoms with E-state index in [1.807, 2.05) is 141 Å². The average Bonchev–Trinajstić information content (AvgIpc) is 1.63. The lowest BCUT2D eigenvalue weighted by Gasteiger charge is -2.43. The van der Waals surface area contributed by atoms with E-state index >= 15 is 0 Å². The van der Waals surface area contributed by atoms with Crippen molar-refractivity contribution in [2.75, 3.05) is 102 Å². The van der Waals surface area contributed by atoms with Gasteiger partial charge in [-0.2, -0.15) is 5.10 Å². The van der Waals surface area contributed by atoms with Crippen LogP contribution in [0.4, 0.5) is 76.8 Å². The number of nitrogens with one attached hydrogen (secondary N) is 5. The first-order chi connectivity index (χ1) is 57.1. The molecule has 8 bridgehead atoms. The second kappa shape index (κ2) is 31.9. The van der Waals surface area contributed by atoms with Gasteiger partial charge in [-0.3, -0.25) is 55.2 Å². The molecule has 31 nitrogen and oxygen atoms in total. The van der Waals surface area contributed by atoms with Crippen molar-refractivity contribution < 1.29 is 19.2 Å². The molecule has 8 aliphatic heterocycles. The van der Waals surface area contributed by atoms with Gasteiger partial charge in [-0.15, -0.1) is 5.10 Å². The van der Waals surface area contributed by atoms with E-state index in [2.05, 4.69) is 127 Å². The molecule has 21 rings (SSSR count). The highest BCUT2D eigenvalue weighted by molar-refractivity contribution is 6.06. The van der Waals surface area contributed by atoms with E-state index in [4.69, 9.17) is 19.9 Å². The second-order valence-electron chi connectivity index (χ2n) is 31.3. The normalized spacial score (nSPS) is 18.9. The number of fused-ring (bicyclic) bond motifs is 17. The van der Waals surface area contributed by atoms with Crippen LogP contribution in [0.1, 0.15) is 93.2 Å². The van der Waals surface area contributed by atoms with Gasteiger partial charge in [0.1, 0.15) is 12.1 Å². The first-order valence-electron chi connectivity index (χ1n) is 40.0. The molecule has 0 spiro atoms. The molecule has 0 aromatic carbocycles. The first kappa shape index (κ1) is 74.7. The van der Waals surface area contributed by atoms with Crippen LogP contribution in [-0.4, -0.2) is 181 Å². The summed E-state index contributed by atoms with van der Waals surface area (Å²) in [5.41, 5.74) is 17.1. The molecule has 4 atom stereocenters. The molecule has 1 saturated carbocycles. The van der Waals surface area contributed by atoms with Gasteiger partial charge in [0.2, 0.25) is 0 Å². The number of rotatable bonds is 9. The molecule has 5 fully saturated rings. The van der Waals surface area contributed by atoms with Crippen LogP contribution in [-0.2, 0) is 6.54 Å². The Morgan fingerprint density at radius 2 is 0.940 bits per heavy atom. The number of pyridine rings is 10. The first-order valence-corrected chi connectivity index (χ1v) is 40.0. The van der Waals surface area contributed by atoms with Gasteiger partial charge in [0.25, 0.3) is 0 Å². The number of anilines is 10. The Morgan fingerprint density at radius 1 is 0.453 bits per heavy atom. The van der Waals surface area contributed by atoms with E-state index in [-0.39, 0.29) is 53.8 Å². The summed E-state index contributed by atoms with van der Waals surface area (Å²) in [5, 5.41) is 19.5. The highest BCUT2D eigenvalue weighted by atomic mass is 16.2. The van der Waals surface area contributed by atoms with Crippen molar-refractivity contribution in [3.8, 4) is 45.0 Å². The molecule has 592 valence electrons. The van der Waals surface area contributed by atoms with E-state index in [0.717, 1.165) is 204 Å². The maximum atomic E-state index is 13.5. The Morgan fingerprint density at radius 3 is 1.42 bits per heavy atom. The third kappa shape index (κ3) is 15.4. The summed E-state index contributed by atoms with van der Waals surface area (Å²) in [6.07, 6.45) is 22.8. The number of hydrogen-bond donors (Lipinski definition) is 5. The van der Waals surface area contributed by atoms with Crippen LogP contribution >= 0.6 is 0 Å². The van der Waals surface area contributed by atoms with E-state index in [1.165, 1.54) is 31.8 Å². The zero-order valence-corrected chi connectivity index (χ0v) is 65.8. The third-order valence-electron chi connectivity index (χ3n) is 23.2. The Hall–Kier alpha value is -13.7. The Balaban J connectivity index is 0.000000108. The van der Waals surface area contributed by atoms with Crippen molar-refractivity contribution in [1.82, 2.24) is 85.6 Å². The number of carbonyl (C=O) groups is 4. The minimum absolute atomic E-state index is 0.0118. The molecule has 4 saturated heterocycles. The Kier molecular flexibility index (Phi) is 20.4. The summed E-state index contributed by atoms with van der Waals surface area (Å²) in [5.74, 6) is 3.69. The zero-order valence-electron chi connectivity index (χ0n) is 65.8. The molecule has 8 amide bonds. The predicted octanol–water partition coefficient (Wildman–Crippen LogP) is 13.1. The topological polar surface area (TPSA) is 339 Å².